The Balaban J connectivity index is 2.12. The minimum Gasteiger partial charge on any atom is -0.478 e. The van der Waals surface area contributed by atoms with Gasteiger partial charge in [-0.1, -0.05) is 32.6 Å². The zero-order chi connectivity index (χ0) is 19.3. The van der Waals surface area contributed by atoms with Crippen molar-refractivity contribution < 1.29 is 24.2 Å². The molecule has 0 spiro atoms. The van der Waals surface area contributed by atoms with E-state index < -0.39 is 12.3 Å². The standard InChI is InChI=1S/C21H28O5/c1-14-8-9-15(2)21(3,11-6-5-7-17(14)19(22)23)12-10-16-13-18(25-4)26-20(16)24/h5-7,13,15,18H,1,8-12H2,2-4H3,(H,22,23)/t15-,18?,21+/m1/s1. The highest BCUT2D eigenvalue weighted by molar-refractivity contribution is 5.92. The highest BCUT2D eigenvalue weighted by Gasteiger charge is 2.33. The normalized spacial score (nSPS) is 29.8. The Morgan fingerprint density at radius 1 is 1.50 bits per heavy atom. The maximum atomic E-state index is 11.9. The summed E-state index contributed by atoms with van der Waals surface area (Å²) in [6.07, 6.45) is 10.4. The molecule has 0 saturated heterocycles. The smallest absolute Gasteiger partial charge is 0.336 e. The maximum absolute atomic E-state index is 11.9. The zero-order valence-electron chi connectivity index (χ0n) is 15.8. The molecule has 2 aliphatic rings. The van der Waals surface area contributed by atoms with Crippen LogP contribution in [0.15, 0.2) is 47.6 Å². The molecule has 0 fully saturated rings. The van der Waals surface area contributed by atoms with Crippen molar-refractivity contribution in [2.24, 2.45) is 11.3 Å². The first-order valence-corrected chi connectivity index (χ1v) is 8.99. The van der Waals surface area contributed by atoms with Gasteiger partial charge in [0.15, 0.2) is 0 Å². The summed E-state index contributed by atoms with van der Waals surface area (Å²) in [5.74, 6) is -0.880. The van der Waals surface area contributed by atoms with Gasteiger partial charge in [-0.05, 0) is 61.2 Å². The molecule has 5 nitrogen and oxygen atoms in total. The number of allylic oxidation sites excluding steroid dienone is 3. The Bertz CT molecular complexity index is 670. The molecule has 1 N–H and O–H groups in total. The Kier molecular flexibility index (Phi) is 6.59. The van der Waals surface area contributed by atoms with Crippen molar-refractivity contribution in [1.29, 1.82) is 0 Å². The Morgan fingerprint density at radius 2 is 2.23 bits per heavy atom. The van der Waals surface area contributed by atoms with Gasteiger partial charge in [0.25, 0.3) is 0 Å². The number of esters is 1. The van der Waals surface area contributed by atoms with Crippen LogP contribution in [0.3, 0.4) is 0 Å². The van der Waals surface area contributed by atoms with Crippen LogP contribution < -0.4 is 0 Å². The van der Waals surface area contributed by atoms with Gasteiger partial charge in [0.1, 0.15) is 0 Å². The van der Waals surface area contributed by atoms with Gasteiger partial charge in [-0.2, -0.15) is 0 Å². The van der Waals surface area contributed by atoms with Gasteiger partial charge in [-0.15, -0.1) is 0 Å². The van der Waals surface area contributed by atoms with E-state index in [4.69, 9.17) is 9.47 Å². The summed E-state index contributed by atoms with van der Waals surface area (Å²) in [5, 5.41) is 9.31. The summed E-state index contributed by atoms with van der Waals surface area (Å²) in [6, 6.07) is 0. The molecule has 26 heavy (non-hydrogen) atoms. The first-order valence-electron chi connectivity index (χ1n) is 8.99. The van der Waals surface area contributed by atoms with E-state index in [1.165, 1.54) is 7.11 Å². The van der Waals surface area contributed by atoms with Gasteiger partial charge in [0.05, 0.1) is 5.57 Å². The summed E-state index contributed by atoms with van der Waals surface area (Å²) in [5.41, 5.74) is 1.60. The number of hydrogen-bond acceptors (Lipinski definition) is 4. The second kappa shape index (κ2) is 8.49. The predicted molar refractivity (Wildman–Crippen MR) is 99.3 cm³/mol. The number of hydrogen-bond donors (Lipinski definition) is 1. The van der Waals surface area contributed by atoms with E-state index in [2.05, 4.69) is 20.4 Å². The molecular weight excluding hydrogens is 332 g/mol. The molecule has 0 aromatic carbocycles. The van der Waals surface area contributed by atoms with Crippen LogP contribution in [0.1, 0.15) is 46.0 Å². The molecular formula is C21H28O5. The van der Waals surface area contributed by atoms with E-state index >= 15 is 0 Å². The average Bonchev–Trinajstić information content (AvgIpc) is 2.96. The Labute approximate surface area is 155 Å². The lowest BCUT2D eigenvalue weighted by Gasteiger charge is -2.36. The van der Waals surface area contributed by atoms with Crippen LogP contribution in [-0.2, 0) is 19.1 Å². The number of carbonyl (C=O) groups excluding carboxylic acids is 1. The second-order valence-corrected chi connectivity index (χ2v) is 7.42. The van der Waals surface area contributed by atoms with E-state index in [-0.39, 0.29) is 17.0 Å². The van der Waals surface area contributed by atoms with Crippen LogP contribution in [0.5, 0.6) is 0 Å². The van der Waals surface area contributed by atoms with Gasteiger partial charge in [-0.3, -0.25) is 0 Å². The third-order valence-corrected chi connectivity index (χ3v) is 5.68. The quantitative estimate of drug-likeness (QED) is 0.745. The monoisotopic (exact) mass is 360 g/mol. The van der Waals surface area contributed by atoms with Crippen molar-refractivity contribution in [2.75, 3.05) is 7.11 Å². The molecule has 3 atom stereocenters. The van der Waals surface area contributed by atoms with Crippen molar-refractivity contribution in [3.63, 3.8) is 0 Å². The van der Waals surface area contributed by atoms with Gasteiger partial charge < -0.3 is 14.6 Å². The molecule has 1 unspecified atom stereocenters. The number of carboxylic acid groups (broad SMARTS) is 1. The van der Waals surface area contributed by atoms with Crippen LogP contribution in [0.25, 0.3) is 0 Å². The molecule has 0 saturated carbocycles. The van der Waals surface area contributed by atoms with E-state index in [9.17, 15) is 14.7 Å². The third-order valence-electron chi connectivity index (χ3n) is 5.68. The van der Waals surface area contributed by atoms with Crippen LogP contribution in [0.4, 0.5) is 0 Å². The van der Waals surface area contributed by atoms with Crippen molar-refractivity contribution in [2.45, 2.75) is 52.2 Å². The first kappa shape index (κ1) is 20.2. The van der Waals surface area contributed by atoms with Gasteiger partial charge in [0, 0.05) is 12.7 Å². The number of carbonyl (C=O) groups is 2. The molecule has 0 aromatic heterocycles. The first-order chi connectivity index (χ1) is 12.3. The minimum atomic E-state index is -0.935. The van der Waals surface area contributed by atoms with Crippen LogP contribution in [-0.4, -0.2) is 30.4 Å². The number of cyclic esters (lactones) is 1. The summed E-state index contributed by atoms with van der Waals surface area (Å²) in [4.78, 5) is 23.3. The Morgan fingerprint density at radius 3 is 2.85 bits per heavy atom. The van der Waals surface area contributed by atoms with Crippen LogP contribution >= 0.6 is 0 Å². The van der Waals surface area contributed by atoms with Crippen molar-refractivity contribution in [1.82, 2.24) is 0 Å². The summed E-state index contributed by atoms with van der Waals surface area (Å²) in [7, 11) is 1.51. The lowest BCUT2D eigenvalue weighted by Crippen LogP contribution is -2.26. The largest absolute Gasteiger partial charge is 0.478 e. The Hall–Kier alpha value is -2.14. The molecule has 0 bridgehead atoms. The molecule has 142 valence electrons. The highest BCUT2D eigenvalue weighted by atomic mass is 16.7. The predicted octanol–water partition coefficient (Wildman–Crippen LogP) is 4.17. The number of aliphatic carboxylic acids is 1. The summed E-state index contributed by atoms with van der Waals surface area (Å²) >= 11 is 0. The third kappa shape index (κ3) is 4.73. The fourth-order valence-corrected chi connectivity index (χ4v) is 3.43. The number of rotatable bonds is 5. The fourth-order valence-electron chi connectivity index (χ4n) is 3.43. The molecule has 2 rings (SSSR count). The van der Waals surface area contributed by atoms with Crippen LogP contribution in [0, 0.1) is 11.3 Å². The van der Waals surface area contributed by atoms with Gasteiger partial charge in [-0.25, -0.2) is 9.59 Å². The van der Waals surface area contributed by atoms with E-state index in [0.717, 1.165) is 19.3 Å². The number of methoxy groups -OCH3 is 1. The van der Waals surface area contributed by atoms with E-state index in [1.807, 2.05) is 6.08 Å². The molecule has 0 radical (unpaired) electrons. The molecule has 0 aromatic rings. The van der Waals surface area contributed by atoms with Crippen LogP contribution in [0.2, 0.25) is 0 Å². The minimum absolute atomic E-state index is 0.00236. The molecule has 1 heterocycles. The van der Waals surface area contributed by atoms with E-state index in [0.29, 0.717) is 29.9 Å². The van der Waals surface area contributed by atoms with Gasteiger partial charge >= 0.3 is 11.9 Å². The summed E-state index contributed by atoms with van der Waals surface area (Å²) < 4.78 is 10.2. The molecule has 1 aliphatic carbocycles. The fraction of sp³-hybridized carbons (Fsp3) is 0.524. The lowest BCUT2D eigenvalue weighted by molar-refractivity contribution is -0.155. The highest BCUT2D eigenvalue weighted by Crippen LogP contribution is 2.41. The van der Waals surface area contributed by atoms with Crippen molar-refractivity contribution in [3.8, 4) is 0 Å². The lowest BCUT2D eigenvalue weighted by atomic mass is 9.69. The SMILES string of the molecule is C=C1CC[C@@H](C)[C@](C)(CCC2=CC(OC)OC2=O)CC=CC=C1C(=O)O. The van der Waals surface area contributed by atoms with Crippen molar-refractivity contribution >= 4 is 11.9 Å². The number of ether oxygens (including phenoxy) is 2. The van der Waals surface area contributed by atoms with Gasteiger partial charge in [0.2, 0.25) is 6.29 Å². The van der Waals surface area contributed by atoms with Crippen molar-refractivity contribution in [3.05, 3.63) is 47.6 Å². The molecule has 1 aliphatic heterocycles. The molecule has 0 amide bonds. The second-order valence-electron chi connectivity index (χ2n) is 7.42. The molecule has 5 heteroatoms. The topological polar surface area (TPSA) is 72.8 Å². The zero-order valence-corrected chi connectivity index (χ0v) is 15.8. The summed E-state index contributed by atoms with van der Waals surface area (Å²) in [6.45, 7) is 8.35. The number of carboxylic acids is 1. The maximum Gasteiger partial charge on any atom is 0.336 e. The van der Waals surface area contributed by atoms with E-state index in [1.54, 1.807) is 18.2 Å². The average molecular weight is 360 g/mol.